The number of rotatable bonds is 4. The van der Waals surface area contributed by atoms with Crippen LogP contribution in [0.15, 0.2) is 41.3 Å². The molecule has 0 unspecified atom stereocenters. The minimum Gasteiger partial charge on any atom is -0.358 e. The third-order valence-electron chi connectivity index (χ3n) is 5.98. The number of carbonyl (C=O) groups excluding carboxylic acids is 1. The van der Waals surface area contributed by atoms with E-state index in [4.69, 9.17) is 0 Å². The van der Waals surface area contributed by atoms with E-state index in [1.54, 1.807) is 24.3 Å². The van der Waals surface area contributed by atoms with Crippen molar-refractivity contribution in [2.75, 3.05) is 18.4 Å². The fourth-order valence-corrected chi connectivity index (χ4v) is 5.49. The molecule has 1 aliphatic heterocycles. The molecule has 0 atom stereocenters. The molecule has 0 saturated carbocycles. The van der Waals surface area contributed by atoms with E-state index in [0.29, 0.717) is 24.3 Å². The summed E-state index contributed by atoms with van der Waals surface area (Å²) in [6.45, 7) is 6.98. The first-order valence-electron chi connectivity index (χ1n) is 10.3. The first-order chi connectivity index (χ1) is 14.3. The average Bonchev–Trinajstić information content (AvgIpc) is 3.03. The number of aromatic amines is 1. The third kappa shape index (κ3) is 3.75. The van der Waals surface area contributed by atoms with E-state index in [1.165, 1.54) is 4.31 Å². The molecule has 1 fully saturated rings. The summed E-state index contributed by atoms with van der Waals surface area (Å²) in [6, 6.07) is 10.5. The van der Waals surface area contributed by atoms with E-state index in [2.05, 4.69) is 10.3 Å². The number of hydrogen-bond donors (Lipinski definition) is 2. The molecule has 0 spiro atoms. The lowest BCUT2D eigenvalue weighted by molar-refractivity contribution is 0.102. The van der Waals surface area contributed by atoms with Gasteiger partial charge in [0.1, 0.15) is 0 Å². The number of amides is 1. The molecule has 6 nitrogen and oxygen atoms in total. The van der Waals surface area contributed by atoms with Gasteiger partial charge in [0.2, 0.25) is 10.0 Å². The summed E-state index contributed by atoms with van der Waals surface area (Å²) in [5.74, 6) is -0.259. The van der Waals surface area contributed by atoms with Gasteiger partial charge in [0.05, 0.1) is 4.90 Å². The number of H-pyrrole nitrogens is 1. The molecule has 158 valence electrons. The molecule has 0 bridgehead atoms. The van der Waals surface area contributed by atoms with Crippen LogP contribution in [0.2, 0.25) is 0 Å². The van der Waals surface area contributed by atoms with Gasteiger partial charge >= 0.3 is 0 Å². The second-order valence-electron chi connectivity index (χ2n) is 8.03. The van der Waals surface area contributed by atoms with Crippen molar-refractivity contribution in [2.24, 2.45) is 0 Å². The van der Waals surface area contributed by atoms with Gasteiger partial charge in [-0.1, -0.05) is 12.5 Å². The summed E-state index contributed by atoms with van der Waals surface area (Å²) < 4.78 is 27.5. The topological polar surface area (TPSA) is 82.3 Å². The number of aryl methyl sites for hydroxylation is 3. The third-order valence-corrected chi connectivity index (χ3v) is 7.88. The first-order valence-corrected chi connectivity index (χ1v) is 11.7. The summed E-state index contributed by atoms with van der Waals surface area (Å²) in [4.78, 5) is 16.4. The van der Waals surface area contributed by atoms with Gasteiger partial charge in [-0.3, -0.25) is 4.79 Å². The van der Waals surface area contributed by atoms with Gasteiger partial charge in [-0.15, -0.1) is 0 Å². The maximum atomic E-state index is 13.0. The minimum absolute atomic E-state index is 0.220. The highest BCUT2D eigenvalue weighted by atomic mass is 32.2. The first kappa shape index (κ1) is 20.6. The number of aromatic nitrogens is 1. The second kappa shape index (κ2) is 7.89. The van der Waals surface area contributed by atoms with E-state index in [-0.39, 0.29) is 10.8 Å². The Morgan fingerprint density at radius 1 is 1.00 bits per heavy atom. The van der Waals surface area contributed by atoms with E-state index in [9.17, 15) is 13.2 Å². The van der Waals surface area contributed by atoms with Crippen LogP contribution in [0.4, 0.5) is 5.69 Å². The maximum absolute atomic E-state index is 13.0. The zero-order chi connectivity index (χ0) is 21.5. The Labute approximate surface area is 177 Å². The molecular formula is C23H27N3O3S. The number of nitrogens with one attached hydrogen (secondary N) is 2. The quantitative estimate of drug-likeness (QED) is 0.645. The molecule has 2 N–H and O–H groups in total. The van der Waals surface area contributed by atoms with Crippen LogP contribution in [0.1, 0.15) is 46.4 Å². The van der Waals surface area contributed by atoms with Crippen LogP contribution in [0.3, 0.4) is 0 Å². The van der Waals surface area contributed by atoms with Crippen molar-refractivity contribution in [3.63, 3.8) is 0 Å². The zero-order valence-corrected chi connectivity index (χ0v) is 18.4. The van der Waals surface area contributed by atoms with Gasteiger partial charge in [-0.05, 0) is 75.1 Å². The maximum Gasteiger partial charge on any atom is 0.255 e. The van der Waals surface area contributed by atoms with Gasteiger partial charge in [0.15, 0.2) is 0 Å². The lowest BCUT2D eigenvalue weighted by atomic mass is 10.1. The summed E-state index contributed by atoms with van der Waals surface area (Å²) >= 11 is 0. The number of benzene rings is 2. The monoisotopic (exact) mass is 425 g/mol. The van der Waals surface area contributed by atoms with Gasteiger partial charge in [-0.2, -0.15) is 4.31 Å². The highest BCUT2D eigenvalue weighted by Crippen LogP contribution is 2.27. The predicted octanol–water partition coefficient (Wildman–Crippen LogP) is 4.52. The Balaban J connectivity index is 1.62. The molecule has 2 aromatic carbocycles. The van der Waals surface area contributed by atoms with Crippen LogP contribution in [-0.2, 0) is 10.0 Å². The van der Waals surface area contributed by atoms with E-state index >= 15 is 0 Å². The van der Waals surface area contributed by atoms with Gasteiger partial charge < -0.3 is 10.3 Å². The Kier molecular flexibility index (Phi) is 5.42. The standard InChI is InChI=1S/C23H27N3O3S/c1-15-7-9-19(30(28,29)26-11-5-4-6-12-26)14-22(15)25-23(27)18-8-10-21-20(13-18)16(2)17(3)24-21/h7-10,13-14,24H,4-6,11-12H2,1-3H3,(H,25,27). The average molecular weight is 426 g/mol. The van der Waals surface area contributed by atoms with Crippen molar-refractivity contribution in [3.8, 4) is 0 Å². The Bertz CT molecular complexity index is 1220. The van der Waals surface area contributed by atoms with Crippen LogP contribution in [-0.4, -0.2) is 36.7 Å². The lowest BCUT2D eigenvalue weighted by Gasteiger charge is -2.26. The van der Waals surface area contributed by atoms with Crippen molar-refractivity contribution < 1.29 is 13.2 Å². The van der Waals surface area contributed by atoms with Crippen molar-refractivity contribution >= 4 is 32.5 Å². The highest BCUT2D eigenvalue weighted by molar-refractivity contribution is 7.89. The zero-order valence-electron chi connectivity index (χ0n) is 17.6. The largest absolute Gasteiger partial charge is 0.358 e. The van der Waals surface area contributed by atoms with E-state index in [0.717, 1.165) is 47.0 Å². The number of nitrogens with zero attached hydrogens (tertiary/aromatic N) is 1. The lowest BCUT2D eigenvalue weighted by Crippen LogP contribution is -2.35. The number of carbonyl (C=O) groups is 1. The highest BCUT2D eigenvalue weighted by Gasteiger charge is 2.26. The van der Waals surface area contributed by atoms with Crippen LogP contribution >= 0.6 is 0 Å². The predicted molar refractivity (Wildman–Crippen MR) is 120 cm³/mol. The summed E-state index contributed by atoms with van der Waals surface area (Å²) in [5.41, 5.74) is 5.05. The van der Waals surface area contributed by atoms with Crippen molar-refractivity contribution in [1.29, 1.82) is 0 Å². The Hall–Kier alpha value is -2.64. The summed E-state index contributed by atoms with van der Waals surface area (Å²) in [7, 11) is -3.56. The fourth-order valence-electron chi connectivity index (χ4n) is 3.95. The molecule has 1 aliphatic rings. The van der Waals surface area contributed by atoms with Crippen molar-refractivity contribution in [2.45, 2.75) is 44.9 Å². The number of hydrogen-bond acceptors (Lipinski definition) is 3. The van der Waals surface area contributed by atoms with Crippen LogP contribution in [0.5, 0.6) is 0 Å². The molecule has 30 heavy (non-hydrogen) atoms. The number of piperidine rings is 1. The molecule has 3 aromatic rings. The van der Waals surface area contributed by atoms with Crippen LogP contribution in [0, 0.1) is 20.8 Å². The Morgan fingerprint density at radius 2 is 1.73 bits per heavy atom. The van der Waals surface area contributed by atoms with Gasteiger partial charge in [0, 0.05) is 40.9 Å². The van der Waals surface area contributed by atoms with Crippen LogP contribution < -0.4 is 5.32 Å². The number of fused-ring (bicyclic) bond motifs is 1. The smallest absolute Gasteiger partial charge is 0.255 e. The van der Waals surface area contributed by atoms with Gasteiger partial charge in [0.25, 0.3) is 5.91 Å². The second-order valence-corrected chi connectivity index (χ2v) is 9.97. The van der Waals surface area contributed by atoms with Crippen molar-refractivity contribution in [3.05, 3.63) is 58.8 Å². The van der Waals surface area contributed by atoms with Crippen molar-refractivity contribution in [1.82, 2.24) is 9.29 Å². The normalized spacial score (nSPS) is 15.4. The molecule has 0 radical (unpaired) electrons. The van der Waals surface area contributed by atoms with E-state index in [1.807, 2.05) is 32.9 Å². The molecular weight excluding hydrogens is 398 g/mol. The molecule has 1 saturated heterocycles. The molecule has 4 rings (SSSR count). The molecule has 2 heterocycles. The Morgan fingerprint density at radius 3 is 2.47 bits per heavy atom. The SMILES string of the molecule is Cc1ccc(S(=O)(=O)N2CCCCC2)cc1NC(=O)c1ccc2[nH]c(C)c(C)c2c1. The summed E-state index contributed by atoms with van der Waals surface area (Å²) in [6.07, 6.45) is 2.83. The van der Waals surface area contributed by atoms with Gasteiger partial charge in [-0.25, -0.2) is 8.42 Å². The van der Waals surface area contributed by atoms with E-state index < -0.39 is 10.0 Å². The van der Waals surface area contributed by atoms with Crippen LogP contribution in [0.25, 0.3) is 10.9 Å². The molecule has 0 aliphatic carbocycles. The number of anilines is 1. The molecule has 1 amide bonds. The fraction of sp³-hybridized carbons (Fsp3) is 0.348. The molecule has 1 aromatic heterocycles. The molecule has 7 heteroatoms. The minimum atomic E-state index is -3.56. The number of sulfonamides is 1. The summed E-state index contributed by atoms with van der Waals surface area (Å²) in [5, 5.41) is 3.91.